The number of aromatic nitrogens is 2. The zero-order valence-electron chi connectivity index (χ0n) is 8.74. The van der Waals surface area contributed by atoms with Crippen molar-refractivity contribution in [3.8, 4) is 11.3 Å². The lowest BCUT2D eigenvalue weighted by Crippen LogP contribution is -1.97. The van der Waals surface area contributed by atoms with Gasteiger partial charge in [0.15, 0.2) is 0 Å². The van der Waals surface area contributed by atoms with Crippen LogP contribution in [0.25, 0.3) is 11.3 Å². The highest BCUT2D eigenvalue weighted by Gasteiger charge is 2.13. The number of nitrogens with zero attached hydrogens (tertiary/aromatic N) is 2. The molecule has 1 aromatic heterocycles. The number of alkyl halides is 1. The van der Waals surface area contributed by atoms with Gasteiger partial charge in [-0.25, -0.2) is 8.78 Å². The third-order valence-electron chi connectivity index (χ3n) is 2.44. The molecule has 2 aromatic rings. The highest BCUT2D eigenvalue weighted by atomic mass is 19.1. The number of nitrogens with two attached hydrogens (primary N) is 1. The van der Waals surface area contributed by atoms with Crippen LogP contribution in [0.2, 0.25) is 0 Å². The molecule has 2 rings (SSSR count). The molecule has 0 aliphatic rings. The van der Waals surface area contributed by atoms with Crippen molar-refractivity contribution in [2.24, 2.45) is 7.05 Å². The number of halogens is 2. The highest BCUT2D eigenvalue weighted by molar-refractivity contribution is 5.66. The van der Waals surface area contributed by atoms with Crippen molar-refractivity contribution < 1.29 is 8.78 Å². The predicted molar refractivity (Wildman–Crippen MR) is 57.8 cm³/mol. The summed E-state index contributed by atoms with van der Waals surface area (Å²) in [7, 11) is 1.67. The number of hydrogen-bond acceptors (Lipinski definition) is 2. The van der Waals surface area contributed by atoms with E-state index in [0.29, 0.717) is 17.1 Å². The number of nitrogen functional groups attached to an aromatic ring is 1. The number of benzene rings is 1. The molecule has 0 fully saturated rings. The summed E-state index contributed by atoms with van der Waals surface area (Å²) in [6, 6.07) is 5.97. The molecule has 0 radical (unpaired) electrons. The van der Waals surface area contributed by atoms with E-state index in [1.165, 1.54) is 16.8 Å². The van der Waals surface area contributed by atoms with Crippen molar-refractivity contribution >= 4 is 5.82 Å². The van der Waals surface area contributed by atoms with Crippen LogP contribution in [0.15, 0.2) is 24.3 Å². The molecule has 3 nitrogen and oxygen atoms in total. The molecule has 1 heterocycles. The van der Waals surface area contributed by atoms with Gasteiger partial charge in [0.2, 0.25) is 0 Å². The van der Waals surface area contributed by atoms with Crippen LogP contribution in [-0.2, 0) is 13.7 Å². The van der Waals surface area contributed by atoms with E-state index in [0.717, 1.165) is 0 Å². The molecule has 84 valence electrons. The van der Waals surface area contributed by atoms with Crippen molar-refractivity contribution in [2.75, 3.05) is 5.73 Å². The zero-order chi connectivity index (χ0) is 11.7. The van der Waals surface area contributed by atoms with Gasteiger partial charge < -0.3 is 5.73 Å². The second kappa shape index (κ2) is 3.92. The first kappa shape index (κ1) is 10.6. The SMILES string of the molecule is Cn1nc(-c2cccc(F)c2CF)cc1N. The Hall–Kier alpha value is -1.91. The minimum absolute atomic E-state index is 0.0144. The van der Waals surface area contributed by atoms with E-state index in [2.05, 4.69) is 5.10 Å². The highest BCUT2D eigenvalue weighted by Crippen LogP contribution is 2.26. The molecular formula is C11H11F2N3. The fourth-order valence-corrected chi connectivity index (χ4v) is 1.55. The summed E-state index contributed by atoms with van der Waals surface area (Å²) in [4.78, 5) is 0. The number of rotatable bonds is 2. The Morgan fingerprint density at radius 2 is 2.19 bits per heavy atom. The van der Waals surface area contributed by atoms with Crippen molar-refractivity contribution in [1.29, 1.82) is 0 Å². The Morgan fingerprint density at radius 3 is 2.75 bits per heavy atom. The minimum Gasteiger partial charge on any atom is -0.384 e. The quantitative estimate of drug-likeness (QED) is 0.848. The van der Waals surface area contributed by atoms with Gasteiger partial charge in [-0.3, -0.25) is 4.68 Å². The van der Waals surface area contributed by atoms with Gasteiger partial charge in [0.05, 0.1) is 5.69 Å². The van der Waals surface area contributed by atoms with Crippen LogP contribution in [0.3, 0.4) is 0 Å². The van der Waals surface area contributed by atoms with Crippen molar-refractivity contribution in [3.63, 3.8) is 0 Å². The van der Waals surface area contributed by atoms with Crippen LogP contribution < -0.4 is 5.73 Å². The first-order valence-electron chi connectivity index (χ1n) is 4.76. The van der Waals surface area contributed by atoms with Crippen molar-refractivity contribution in [1.82, 2.24) is 9.78 Å². The second-order valence-electron chi connectivity index (χ2n) is 3.48. The maximum atomic E-state index is 13.3. The van der Waals surface area contributed by atoms with Crippen LogP contribution in [0.1, 0.15) is 5.56 Å². The molecule has 0 saturated heterocycles. The molecule has 0 amide bonds. The van der Waals surface area contributed by atoms with E-state index in [1.54, 1.807) is 19.2 Å². The van der Waals surface area contributed by atoms with E-state index >= 15 is 0 Å². The Labute approximate surface area is 91.5 Å². The summed E-state index contributed by atoms with van der Waals surface area (Å²) in [5.74, 6) is -0.117. The van der Waals surface area contributed by atoms with Crippen molar-refractivity contribution in [2.45, 2.75) is 6.67 Å². The molecular weight excluding hydrogens is 212 g/mol. The lowest BCUT2D eigenvalue weighted by atomic mass is 10.1. The van der Waals surface area contributed by atoms with E-state index in [1.807, 2.05) is 0 Å². The third-order valence-corrected chi connectivity index (χ3v) is 2.44. The average Bonchev–Trinajstić information content (AvgIpc) is 2.59. The normalized spacial score (nSPS) is 10.7. The van der Waals surface area contributed by atoms with E-state index < -0.39 is 12.5 Å². The molecule has 0 aliphatic carbocycles. The standard InChI is InChI=1S/C11H11F2N3/c1-16-11(14)5-10(15-16)7-3-2-4-9(13)8(7)6-12/h2-5H,6,14H2,1H3. The average molecular weight is 223 g/mol. The smallest absolute Gasteiger partial charge is 0.129 e. The van der Waals surface area contributed by atoms with Gasteiger partial charge in [-0.2, -0.15) is 5.10 Å². The van der Waals surface area contributed by atoms with Crippen LogP contribution in [0.5, 0.6) is 0 Å². The maximum absolute atomic E-state index is 13.3. The van der Waals surface area contributed by atoms with Gasteiger partial charge >= 0.3 is 0 Å². The van der Waals surface area contributed by atoms with E-state index in [-0.39, 0.29) is 5.56 Å². The summed E-state index contributed by atoms with van der Waals surface area (Å²) >= 11 is 0. The molecule has 0 saturated carbocycles. The summed E-state index contributed by atoms with van der Waals surface area (Å²) in [6.45, 7) is -0.863. The third kappa shape index (κ3) is 1.64. The Balaban J connectivity index is 2.59. The molecule has 0 aliphatic heterocycles. The lowest BCUT2D eigenvalue weighted by molar-refractivity contribution is 0.465. The van der Waals surface area contributed by atoms with Crippen LogP contribution in [-0.4, -0.2) is 9.78 Å². The zero-order valence-corrected chi connectivity index (χ0v) is 8.74. The van der Waals surface area contributed by atoms with Gasteiger partial charge in [0.25, 0.3) is 0 Å². The summed E-state index contributed by atoms with van der Waals surface area (Å²) in [5.41, 5.74) is 6.55. The maximum Gasteiger partial charge on any atom is 0.129 e. The largest absolute Gasteiger partial charge is 0.384 e. The summed E-state index contributed by atoms with van der Waals surface area (Å²) in [6.07, 6.45) is 0. The molecule has 16 heavy (non-hydrogen) atoms. The second-order valence-corrected chi connectivity index (χ2v) is 3.48. The van der Waals surface area contributed by atoms with Crippen LogP contribution >= 0.6 is 0 Å². The van der Waals surface area contributed by atoms with E-state index in [4.69, 9.17) is 5.73 Å². The summed E-state index contributed by atoms with van der Waals surface area (Å²) < 4.78 is 27.5. The first-order valence-corrected chi connectivity index (χ1v) is 4.76. The Bertz CT molecular complexity index is 500. The molecule has 1 aromatic carbocycles. The van der Waals surface area contributed by atoms with Gasteiger partial charge in [-0.05, 0) is 6.07 Å². The van der Waals surface area contributed by atoms with Crippen LogP contribution in [0.4, 0.5) is 14.6 Å². The molecule has 0 spiro atoms. The van der Waals surface area contributed by atoms with Crippen molar-refractivity contribution in [3.05, 3.63) is 35.6 Å². The Morgan fingerprint density at radius 1 is 1.44 bits per heavy atom. The minimum atomic E-state index is -0.863. The fourth-order valence-electron chi connectivity index (χ4n) is 1.55. The fraction of sp³-hybridized carbons (Fsp3) is 0.182. The van der Waals surface area contributed by atoms with E-state index in [9.17, 15) is 8.78 Å². The number of hydrogen-bond donors (Lipinski definition) is 1. The number of aryl methyl sites for hydroxylation is 1. The van der Waals surface area contributed by atoms with Gasteiger partial charge in [0.1, 0.15) is 18.3 Å². The predicted octanol–water partition coefficient (Wildman–Crippen LogP) is 2.28. The molecule has 2 N–H and O–H groups in total. The molecule has 0 bridgehead atoms. The topological polar surface area (TPSA) is 43.8 Å². The first-order chi connectivity index (χ1) is 7.63. The number of anilines is 1. The Kier molecular flexibility index (Phi) is 2.60. The van der Waals surface area contributed by atoms with Gasteiger partial charge in [-0.15, -0.1) is 0 Å². The van der Waals surface area contributed by atoms with Gasteiger partial charge in [0, 0.05) is 24.2 Å². The molecule has 5 heteroatoms. The van der Waals surface area contributed by atoms with Gasteiger partial charge in [-0.1, -0.05) is 12.1 Å². The monoisotopic (exact) mass is 223 g/mol. The summed E-state index contributed by atoms with van der Waals surface area (Å²) in [5, 5.41) is 4.09. The molecule has 0 unspecified atom stereocenters. The molecule has 0 atom stereocenters. The lowest BCUT2D eigenvalue weighted by Gasteiger charge is -2.04. The van der Waals surface area contributed by atoms with Crippen LogP contribution in [0, 0.1) is 5.82 Å².